The minimum Gasteiger partial charge on any atom is -0.423 e. The summed E-state index contributed by atoms with van der Waals surface area (Å²) in [6, 6.07) is 6.55. The molecule has 0 atom stereocenters. The smallest absolute Gasteiger partial charge is 0.336 e. The van der Waals surface area contributed by atoms with Crippen molar-refractivity contribution in [2.45, 2.75) is 20.3 Å². The largest absolute Gasteiger partial charge is 0.423 e. The number of H-pyrrole nitrogens is 1. The van der Waals surface area contributed by atoms with Crippen molar-refractivity contribution in [1.82, 2.24) is 9.97 Å². The van der Waals surface area contributed by atoms with Crippen LogP contribution in [-0.2, 0) is 6.42 Å². The average molecular weight is 332 g/mol. The minimum absolute atomic E-state index is 0.137. The number of rotatable bonds is 3. The Morgan fingerprint density at radius 2 is 2.17 bits per heavy atom. The molecular weight excluding hydrogens is 318 g/mol. The molecule has 3 aromatic rings. The van der Waals surface area contributed by atoms with Gasteiger partial charge in [0, 0.05) is 23.2 Å². The van der Waals surface area contributed by atoms with Gasteiger partial charge in [-0.2, -0.15) is 0 Å². The molecule has 1 aromatic carbocycles. The number of nitrogens with one attached hydrogen (secondary N) is 2. The van der Waals surface area contributed by atoms with Crippen LogP contribution in [0, 0.1) is 6.92 Å². The summed E-state index contributed by atoms with van der Waals surface area (Å²) in [6.45, 7) is 3.74. The molecule has 0 radical (unpaired) electrons. The van der Waals surface area contributed by atoms with Gasteiger partial charge >= 0.3 is 5.63 Å². The molecule has 7 heteroatoms. The van der Waals surface area contributed by atoms with E-state index in [1.54, 1.807) is 18.2 Å². The fraction of sp³-hybridized carbons (Fsp3) is 0.188. The lowest BCUT2D eigenvalue weighted by Gasteiger charge is -2.05. The number of anilines is 1. The lowest BCUT2D eigenvalue weighted by atomic mass is 10.1. The summed E-state index contributed by atoms with van der Waals surface area (Å²) in [6.07, 6.45) is 0.652. The molecular formula is C16H14ClN3O3. The van der Waals surface area contributed by atoms with Crippen molar-refractivity contribution in [2.24, 2.45) is 0 Å². The molecule has 0 fully saturated rings. The molecule has 0 unspecified atom stereocenters. The van der Waals surface area contributed by atoms with E-state index in [1.807, 2.05) is 13.8 Å². The normalized spacial score (nSPS) is 10.9. The van der Waals surface area contributed by atoms with E-state index >= 15 is 0 Å². The monoisotopic (exact) mass is 331 g/mol. The number of hydrogen-bond donors (Lipinski definition) is 2. The lowest BCUT2D eigenvalue weighted by Crippen LogP contribution is -2.13. The molecule has 1 amide bonds. The Kier molecular flexibility index (Phi) is 3.92. The molecule has 2 heterocycles. The molecule has 0 aliphatic heterocycles. The highest BCUT2D eigenvalue weighted by molar-refractivity contribution is 6.30. The third-order valence-electron chi connectivity index (χ3n) is 3.51. The van der Waals surface area contributed by atoms with Crippen LogP contribution in [0.4, 0.5) is 5.69 Å². The number of fused-ring (bicyclic) bond motifs is 1. The number of amides is 1. The second kappa shape index (κ2) is 5.89. The van der Waals surface area contributed by atoms with Crippen molar-refractivity contribution in [3.05, 3.63) is 56.9 Å². The summed E-state index contributed by atoms with van der Waals surface area (Å²) in [7, 11) is 0. The van der Waals surface area contributed by atoms with Crippen LogP contribution in [0.2, 0.25) is 5.15 Å². The van der Waals surface area contributed by atoms with Gasteiger partial charge in [0.2, 0.25) is 0 Å². The van der Waals surface area contributed by atoms with Crippen molar-refractivity contribution in [2.75, 3.05) is 5.32 Å². The first-order chi connectivity index (χ1) is 11.0. The molecule has 0 bridgehead atoms. The molecule has 0 aliphatic carbocycles. The Labute approximate surface area is 136 Å². The van der Waals surface area contributed by atoms with Crippen molar-refractivity contribution in [1.29, 1.82) is 0 Å². The molecule has 3 rings (SSSR count). The molecule has 118 valence electrons. The number of nitrogens with zero attached hydrogens (tertiary/aromatic N) is 1. The van der Waals surface area contributed by atoms with Gasteiger partial charge in [0.05, 0.1) is 5.69 Å². The third kappa shape index (κ3) is 2.98. The second-order valence-corrected chi connectivity index (χ2v) is 5.48. The van der Waals surface area contributed by atoms with Gasteiger partial charge in [0.15, 0.2) is 11.0 Å². The third-order valence-corrected chi connectivity index (χ3v) is 3.82. The number of carbonyl (C=O) groups excluding carboxylic acids is 1. The Hall–Kier alpha value is -2.60. The number of aromatic amines is 1. The first kappa shape index (κ1) is 15.3. The first-order valence-corrected chi connectivity index (χ1v) is 7.46. The summed E-state index contributed by atoms with van der Waals surface area (Å²) >= 11 is 5.93. The zero-order valence-corrected chi connectivity index (χ0v) is 13.3. The Balaban J connectivity index is 1.91. The fourth-order valence-corrected chi connectivity index (χ4v) is 2.59. The maximum atomic E-state index is 12.2. The van der Waals surface area contributed by atoms with Crippen molar-refractivity contribution < 1.29 is 9.21 Å². The molecule has 2 aromatic heterocycles. The molecule has 23 heavy (non-hydrogen) atoms. The van der Waals surface area contributed by atoms with Gasteiger partial charge in [-0.3, -0.25) is 4.79 Å². The molecule has 6 nitrogen and oxygen atoms in total. The highest BCUT2D eigenvalue weighted by Gasteiger charge is 2.14. The van der Waals surface area contributed by atoms with E-state index < -0.39 is 11.5 Å². The molecule has 0 saturated heterocycles. The van der Waals surface area contributed by atoms with E-state index in [1.165, 1.54) is 6.07 Å². The molecule has 0 saturated carbocycles. The van der Waals surface area contributed by atoms with Gasteiger partial charge in [0.1, 0.15) is 5.58 Å². The number of carbonyl (C=O) groups is 1. The quantitative estimate of drug-likeness (QED) is 0.721. The van der Waals surface area contributed by atoms with E-state index in [0.29, 0.717) is 23.4 Å². The SMILES string of the molecule is CCc1[nH]c(C(=O)Nc2ccc3c(C)cc(=O)oc3c2)nc1Cl. The van der Waals surface area contributed by atoms with Crippen LogP contribution in [0.5, 0.6) is 0 Å². The number of hydrogen-bond acceptors (Lipinski definition) is 4. The van der Waals surface area contributed by atoms with E-state index in [2.05, 4.69) is 15.3 Å². The van der Waals surface area contributed by atoms with Gasteiger partial charge in [0.25, 0.3) is 5.91 Å². The summed E-state index contributed by atoms with van der Waals surface area (Å²) in [5.74, 6) is -0.279. The van der Waals surface area contributed by atoms with Gasteiger partial charge in [-0.15, -0.1) is 0 Å². The number of benzene rings is 1. The van der Waals surface area contributed by atoms with Gasteiger partial charge in [-0.25, -0.2) is 9.78 Å². The van der Waals surface area contributed by atoms with E-state index in [4.69, 9.17) is 16.0 Å². The zero-order chi connectivity index (χ0) is 16.6. The Bertz CT molecular complexity index is 959. The van der Waals surface area contributed by atoms with Crippen LogP contribution in [0.3, 0.4) is 0 Å². The standard InChI is InChI=1S/C16H14ClN3O3/c1-3-11-14(17)20-15(19-11)16(22)18-9-4-5-10-8(2)6-13(21)23-12(10)7-9/h4-7H,3H2,1-2H3,(H,18,22)(H,19,20). The van der Waals surface area contributed by atoms with Crippen LogP contribution in [-0.4, -0.2) is 15.9 Å². The first-order valence-electron chi connectivity index (χ1n) is 7.08. The van der Waals surface area contributed by atoms with E-state index in [-0.39, 0.29) is 11.0 Å². The van der Waals surface area contributed by atoms with Crippen molar-refractivity contribution in [3.8, 4) is 0 Å². The van der Waals surface area contributed by atoms with Gasteiger partial charge in [-0.05, 0) is 31.0 Å². The topological polar surface area (TPSA) is 88.0 Å². The average Bonchev–Trinajstić information content (AvgIpc) is 2.88. The van der Waals surface area contributed by atoms with Crippen molar-refractivity contribution in [3.63, 3.8) is 0 Å². The zero-order valence-electron chi connectivity index (χ0n) is 12.6. The van der Waals surface area contributed by atoms with Crippen LogP contribution >= 0.6 is 11.6 Å². The van der Waals surface area contributed by atoms with Crippen molar-refractivity contribution >= 4 is 34.2 Å². The van der Waals surface area contributed by atoms with E-state index in [9.17, 15) is 9.59 Å². The highest BCUT2D eigenvalue weighted by atomic mass is 35.5. The van der Waals surface area contributed by atoms with Crippen LogP contribution in [0.15, 0.2) is 33.5 Å². The number of aryl methyl sites for hydroxylation is 2. The lowest BCUT2D eigenvalue weighted by molar-refractivity contribution is 0.101. The number of aromatic nitrogens is 2. The van der Waals surface area contributed by atoms with Gasteiger partial charge in [-0.1, -0.05) is 18.5 Å². The number of imidazole rings is 1. The molecule has 0 aliphatic rings. The fourth-order valence-electron chi connectivity index (χ4n) is 2.32. The van der Waals surface area contributed by atoms with E-state index in [0.717, 1.165) is 10.9 Å². The second-order valence-electron chi connectivity index (χ2n) is 5.12. The summed E-state index contributed by atoms with van der Waals surface area (Å²) in [5, 5.41) is 3.81. The predicted octanol–water partition coefficient (Wildman–Crippen LogP) is 3.29. The minimum atomic E-state index is -0.427. The summed E-state index contributed by atoms with van der Waals surface area (Å²) in [5.41, 5.74) is 2.02. The Morgan fingerprint density at radius 3 is 2.87 bits per heavy atom. The van der Waals surface area contributed by atoms with Crippen LogP contribution < -0.4 is 10.9 Å². The van der Waals surface area contributed by atoms with Gasteiger partial charge < -0.3 is 14.7 Å². The molecule has 2 N–H and O–H groups in total. The predicted molar refractivity (Wildman–Crippen MR) is 88.1 cm³/mol. The highest BCUT2D eigenvalue weighted by Crippen LogP contribution is 2.21. The number of halogens is 1. The maximum Gasteiger partial charge on any atom is 0.336 e. The summed E-state index contributed by atoms with van der Waals surface area (Å²) in [4.78, 5) is 30.5. The van der Waals surface area contributed by atoms with Crippen LogP contribution in [0.1, 0.15) is 28.8 Å². The van der Waals surface area contributed by atoms with Crippen LogP contribution in [0.25, 0.3) is 11.0 Å². The molecule has 0 spiro atoms. The summed E-state index contributed by atoms with van der Waals surface area (Å²) < 4.78 is 5.16. The maximum absolute atomic E-state index is 12.2. The Morgan fingerprint density at radius 1 is 1.39 bits per heavy atom.